The van der Waals surface area contributed by atoms with Crippen molar-refractivity contribution in [2.45, 2.75) is 11.5 Å². The third-order valence-corrected chi connectivity index (χ3v) is 6.45. The van der Waals surface area contributed by atoms with Crippen LogP contribution < -0.4 is 0 Å². The molecule has 0 saturated heterocycles. The normalized spacial score (nSPS) is 12.2. The fraction of sp³-hybridized carbons (Fsp3) is 0.125. The van der Waals surface area contributed by atoms with Gasteiger partial charge >= 0.3 is 0 Å². The summed E-state index contributed by atoms with van der Waals surface area (Å²) in [4.78, 5) is 0. The number of halogens is 2. The van der Waals surface area contributed by atoms with E-state index in [0.29, 0.717) is 11.5 Å². The summed E-state index contributed by atoms with van der Waals surface area (Å²) in [5.41, 5.74) is 1.79. The molecule has 0 aliphatic carbocycles. The predicted molar refractivity (Wildman–Crippen MR) is 100 cm³/mol. The van der Waals surface area contributed by atoms with E-state index in [9.17, 15) is 8.78 Å². The van der Waals surface area contributed by atoms with Crippen molar-refractivity contribution >= 4 is 48.8 Å². The Morgan fingerprint density at radius 3 is 1.55 bits per heavy atom. The monoisotopic (exact) mass is 372 g/mol. The lowest BCUT2D eigenvalue weighted by Gasteiger charge is -2.06. The summed E-state index contributed by atoms with van der Waals surface area (Å²) in [5, 5.41) is 0. The van der Waals surface area contributed by atoms with Gasteiger partial charge in [0.1, 0.15) is 11.6 Å². The highest BCUT2D eigenvalue weighted by Gasteiger charge is 2.04. The lowest BCUT2D eigenvalue weighted by Crippen LogP contribution is -1.84. The first-order chi connectivity index (χ1) is 10.5. The van der Waals surface area contributed by atoms with E-state index in [1.807, 2.05) is 12.1 Å². The lowest BCUT2D eigenvalue weighted by molar-refractivity contribution is 0.626. The van der Waals surface area contributed by atoms with Gasteiger partial charge in [0.15, 0.2) is 0 Å². The molecule has 0 fully saturated rings. The quantitative estimate of drug-likeness (QED) is 0.587. The molecule has 0 saturated carbocycles. The van der Waals surface area contributed by atoms with Crippen molar-refractivity contribution in [2.24, 2.45) is 0 Å². The molecular weight excluding hydrogens is 358 g/mol. The molecule has 0 radical (unpaired) electrons. The van der Waals surface area contributed by atoms with Gasteiger partial charge in [0.05, 0.1) is 8.47 Å². The molecule has 0 bridgehead atoms. The van der Waals surface area contributed by atoms with Crippen LogP contribution in [0.25, 0.3) is 0 Å². The highest BCUT2D eigenvalue weighted by molar-refractivity contribution is 8.21. The second kappa shape index (κ2) is 8.91. The van der Waals surface area contributed by atoms with Crippen LogP contribution in [0.2, 0.25) is 0 Å². The van der Waals surface area contributed by atoms with Crippen molar-refractivity contribution in [3.05, 3.63) is 79.8 Å². The molecule has 6 heteroatoms. The van der Waals surface area contributed by atoms with Crippen LogP contribution in [0.15, 0.2) is 57.0 Å². The third kappa shape index (κ3) is 5.91. The van der Waals surface area contributed by atoms with Crippen molar-refractivity contribution in [3.63, 3.8) is 0 Å². The molecule has 22 heavy (non-hydrogen) atoms. The Morgan fingerprint density at radius 1 is 0.773 bits per heavy atom. The van der Waals surface area contributed by atoms with Gasteiger partial charge in [-0.25, -0.2) is 8.78 Å². The number of thiol groups is 2. The molecule has 0 aliphatic rings. The van der Waals surface area contributed by atoms with E-state index in [2.05, 4.69) is 25.3 Å². The van der Waals surface area contributed by atoms with Gasteiger partial charge in [-0.3, -0.25) is 0 Å². The molecule has 0 atom stereocenters. The zero-order valence-electron chi connectivity index (χ0n) is 11.5. The average Bonchev–Trinajstić information content (AvgIpc) is 2.50. The first-order valence-electron chi connectivity index (χ1n) is 6.41. The summed E-state index contributed by atoms with van der Waals surface area (Å²) in [7, 11) is 0. The van der Waals surface area contributed by atoms with E-state index in [1.54, 1.807) is 12.1 Å². The summed E-state index contributed by atoms with van der Waals surface area (Å²) in [5.74, 6) is 0.770. The fourth-order valence-corrected chi connectivity index (χ4v) is 4.02. The van der Waals surface area contributed by atoms with E-state index in [1.165, 1.54) is 47.8 Å². The van der Waals surface area contributed by atoms with E-state index in [4.69, 9.17) is 0 Å². The van der Waals surface area contributed by atoms with Gasteiger partial charge in [0.2, 0.25) is 0 Å². The maximum Gasteiger partial charge on any atom is 0.123 e. The van der Waals surface area contributed by atoms with Gasteiger partial charge < -0.3 is 0 Å². The average molecular weight is 373 g/mol. The van der Waals surface area contributed by atoms with Gasteiger partial charge in [0.25, 0.3) is 0 Å². The highest BCUT2D eigenvalue weighted by Crippen LogP contribution is 2.36. The Morgan fingerprint density at radius 2 is 1.18 bits per heavy atom. The van der Waals surface area contributed by atoms with Crippen LogP contribution >= 0.6 is 48.8 Å². The Balaban J connectivity index is 1.89. The third-order valence-electron chi connectivity index (χ3n) is 2.71. The molecule has 0 nitrogen and oxygen atoms in total. The molecule has 0 amide bonds. The Kier molecular flexibility index (Phi) is 7.21. The Hall–Kier alpha value is -0.560. The van der Waals surface area contributed by atoms with E-state index in [-0.39, 0.29) is 11.6 Å². The smallest absolute Gasteiger partial charge is 0.123 e. The van der Waals surface area contributed by atoms with Crippen LogP contribution in [-0.4, -0.2) is 0 Å². The van der Waals surface area contributed by atoms with Crippen LogP contribution in [0.5, 0.6) is 0 Å². The van der Waals surface area contributed by atoms with Crippen LogP contribution in [-0.2, 0) is 11.5 Å². The summed E-state index contributed by atoms with van der Waals surface area (Å²) < 4.78 is 27.7. The summed E-state index contributed by atoms with van der Waals surface area (Å²) in [6.45, 7) is 0. The Labute approximate surface area is 148 Å². The molecule has 2 aromatic carbocycles. The first-order valence-corrected chi connectivity index (χ1v) is 9.28. The second-order valence-electron chi connectivity index (χ2n) is 4.45. The summed E-state index contributed by atoms with van der Waals surface area (Å²) in [6.07, 6.45) is 0. The van der Waals surface area contributed by atoms with Crippen molar-refractivity contribution < 1.29 is 8.78 Å². The minimum absolute atomic E-state index is 0.241. The lowest BCUT2D eigenvalue weighted by atomic mass is 10.2. The molecule has 0 heterocycles. The maximum atomic E-state index is 13.1. The first kappa shape index (κ1) is 17.8. The van der Waals surface area contributed by atoms with Gasteiger partial charge in [-0.2, -0.15) is 0 Å². The molecule has 0 spiro atoms. The van der Waals surface area contributed by atoms with Gasteiger partial charge in [-0.15, -0.1) is 48.8 Å². The van der Waals surface area contributed by atoms with Crippen molar-refractivity contribution in [2.75, 3.05) is 0 Å². The zero-order chi connectivity index (χ0) is 15.9. The zero-order valence-corrected chi connectivity index (χ0v) is 14.9. The van der Waals surface area contributed by atoms with Gasteiger partial charge in [0, 0.05) is 11.5 Å². The molecule has 116 valence electrons. The highest BCUT2D eigenvalue weighted by atomic mass is 32.2. The second-order valence-corrected chi connectivity index (χ2v) is 7.92. The van der Waals surface area contributed by atoms with Gasteiger partial charge in [-0.05, 0) is 35.4 Å². The molecule has 2 rings (SSSR count). The van der Waals surface area contributed by atoms with Crippen molar-refractivity contribution in [1.82, 2.24) is 0 Å². The SMILES string of the molecule is Fc1cccc(CSC(S)=C(S)SCc2cccc(F)c2)c1. The fourth-order valence-electron chi connectivity index (χ4n) is 1.68. The van der Waals surface area contributed by atoms with Crippen LogP contribution in [0.3, 0.4) is 0 Å². The van der Waals surface area contributed by atoms with Crippen molar-refractivity contribution in [1.29, 1.82) is 0 Å². The van der Waals surface area contributed by atoms with Crippen LogP contribution in [0, 0.1) is 11.6 Å². The topological polar surface area (TPSA) is 0 Å². The number of hydrogen-bond donors (Lipinski definition) is 2. The number of benzene rings is 2. The van der Waals surface area contributed by atoms with E-state index >= 15 is 0 Å². The van der Waals surface area contributed by atoms with Crippen LogP contribution in [0.4, 0.5) is 8.78 Å². The molecule has 0 N–H and O–H groups in total. The standard InChI is InChI=1S/C16H14F2S4/c17-13-5-1-3-11(7-13)9-21-15(19)16(20)22-10-12-4-2-6-14(18)8-12/h1-8,19-20H,9-10H2. The number of hydrogen-bond acceptors (Lipinski definition) is 4. The summed E-state index contributed by atoms with van der Waals surface area (Å²) in [6, 6.07) is 13.0. The number of thioether (sulfide) groups is 2. The van der Waals surface area contributed by atoms with Gasteiger partial charge in [-0.1, -0.05) is 24.3 Å². The predicted octanol–water partition coefficient (Wildman–Crippen LogP) is 6.12. The minimum Gasteiger partial charge on any atom is -0.207 e. The molecule has 2 aromatic rings. The van der Waals surface area contributed by atoms with Crippen LogP contribution in [0.1, 0.15) is 11.1 Å². The minimum atomic E-state index is -0.241. The maximum absolute atomic E-state index is 13.1. The Bertz CT molecular complexity index is 613. The molecule has 0 aromatic heterocycles. The number of rotatable bonds is 6. The van der Waals surface area contributed by atoms with E-state index < -0.39 is 0 Å². The molecular formula is C16H14F2S4. The summed E-state index contributed by atoms with van der Waals surface area (Å²) >= 11 is 11.8. The van der Waals surface area contributed by atoms with E-state index in [0.717, 1.165) is 19.6 Å². The molecule has 0 unspecified atom stereocenters. The largest absolute Gasteiger partial charge is 0.207 e. The van der Waals surface area contributed by atoms with Crippen molar-refractivity contribution in [3.8, 4) is 0 Å². The molecule has 0 aliphatic heterocycles.